The first-order valence-electron chi connectivity index (χ1n) is 7.92. The zero-order valence-corrected chi connectivity index (χ0v) is 15.6. The molecule has 0 aliphatic rings. The van der Waals surface area contributed by atoms with Crippen LogP contribution in [0.3, 0.4) is 0 Å². The Balaban J connectivity index is 3.47. The molecule has 0 radical (unpaired) electrons. The molecule has 0 amide bonds. The van der Waals surface area contributed by atoms with Gasteiger partial charge in [0.1, 0.15) is 0 Å². The van der Waals surface area contributed by atoms with E-state index in [-0.39, 0.29) is 28.4 Å². The topological polar surface area (TPSA) is 58.9 Å². The van der Waals surface area contributed by atoms with Gasteiger partial charge in [-0.1, -0.05) is 39.3 Å². The minimum absolute atomic E-state index is 0.00906. The number of rotatable bonds is 6. The van der Waals surface area contributed by atoms with E-state index in [2.05, 4.69) is 26.8 Å². The summed E-state index contributed by atoms with van der Waals surface area (Å²) in [5.41, 5.74) is 2.24. The summed E-state index contributed by atoms with van der Waals surface area (Å²) in [4.78, 5) is 0. The van der Waals surface area contributed by atoms with Gasteiger partial charge in [0, 0.05) is 11.1 Å². The molecular weight excluding hydrogens is 292 g/mol. The molecule has 0 aromatic heterocycles. The summed E-state index contributed by atoms with van der Waals surface area (Å²) >= 11 is 0. The van der Waals surface area contributed by atoms with Crippen LogP contribution in [0.25, 0.3) is 0 Å². The van der Waals surface area contributed by atoms with Gasteiger partial charge in [-0.2, -0.15) is 0 Å². The molecule has 0 aliphatic heterocycles. The zero-order valence-electron chi connectivity index (χ0n) is 15.6. The van der Waals surface area contributed by atoms with Gasteiger partial charge in [0.05, 0.1) is 14.2 Å². The lowest BCUT2D eigenvalue weighted by Crippen LogP contribution is -2.19. The van der Waals surface area contributed by atoms with Crippen LogP contribution in [0.4, 0.5) is 0 Å². The highest BCUT2D eigenvalue weighted by molar-refractivity contribution is 5.67. The van der Waals surface area contributed by atoms with Crippen LogP contribution in [0, 0.1) is 12.8 Å². The number of aromatic hydroxyl groups is 2. The molecule has 0 fully saturated rings. The summed E-state index contributed by atoms with van der Waals surface area (Å²) < 4.78 is 10.4. The number of allylic oxidation sites excluding steroid dienone is 2. The molecule has 1 aromatic rings. The van der Waals surface area contributed by atoms with E-state index in [0.29, 0.717) is 17.0 Å². The number of phenolic OH excluding ortho intramolecular Hbond substituents is 2. The predicted molar refractivity (Wildman–Crippen MR) is 93.9 cm³/mol. The predicted octanol–water partition coefficient (Wildman–Crippen LogP) is 4.69. The van der Waals surface area contributed by atoms with Crippen LogP contribution in [-0.2, 0) is 5.41 Å². The van der Waals surface area contributed by atoms with Gasteiger partial charge in [-0.15, -0.1) is 0 Å². The normalized spacial score (nSPS) is 12.7. The standard InChI is InChI=1S/C19H30O4/c1-11(2)12(3)9-10-19(5,6)14-13(4)15(20)17(22-7)18(23-8)16(14)21/h9,11,20-21H,10H2,1-8H3/b12-9+. The molecule has 23 heavy (non-hydrogen) atoms. The van der Waals surface area contributed by atoms with Gasteiger partial charge in [-0.3, -0.25) is 0 Å². The minimum atomic E-state index is -0.360. The van der Waals surface area contributed by atoms with Crippen molar-refractivity contribution in [2.45, 2.75) is 53.4 Å². The average molecular weight is 322 g/mol. The number of methoxy groups -OCH3 is 2. The second kappa shape index (κ2) is 7.16. The number of phenols is 2. The highest BCUT2D eigenvalue weighted by Gasteiger charge is 2.32. The second-order valence-electron chi connectivity index (χ2n) is 6.95. The highest BCUT2D eigenvalue weighted by atomic mass is 16.5. The van der Waals surface area contributed by atoms with Crippen LogP contribution < -0.4 is 9.47 Å². The van der Waals surface area contributed by atoms with Gasteiger partial charge in [0.25, 0.3) is 0 Å². The number of hydrogen-bond donors (Lipinski definition) is 2. The van der Waals surface area contributed by atoms with E-state index in [1.165, 1.54) is 19.8 Å². The van der Waals surface area contributed by atoms with Gasteiger partial charge >= 0.3 is 0 Å². The maximum atomic E-state index is 10.7. The molecule has 4 nitrogen and oxygen atoms in total. The van der Waals surface area contributed by atoms with Crippen LogP contribution >= 0.6 is 0 Å². The molecule has 2 N–H and O–H groups in total. The van der Waals surface area contributed by atoms with Crippen molar-refractivity contribution < 1.29 is 19.7 Å². The molecule has 130 valence electrons. The minimum Gasteiger partial charge on any atom is -0.504 e. The Morgan fingerprint density at radius 1 is 1.09 bits per heavy atom. The third kappa shape index (κ3) is 3.74. The number of hydrogen-bond acceptors (Lipinski definition) is 4. The Labute approximate surface area is 139 Å². The Morgan fingerprint density at radius 3 is 2.00 bits per heavy atom. The quantitative estimate of drug-likeness (QED) is 0.589. The molecule has 0 saturated heterocycles. The molecule has 0 atom stereocenters. The lowest BCUT2D eigenvalue weighted by molar-refractivity contribution is 0.309. The summed E-state index contributed by atoms with van der Waals surface area (Å²) in [6, 6.07) is 0. The van der Waals surface area contributed by atoms with Gasteiger partial charge in [0.15, 0.2) is 11.5 Å². The van der Waals surface area contributed by atoms with Crippen LogP contribution in [0.1, 0.15) is 52.2 Å². The monoisotopic (exact) mass is 322 g/mol. The Morgan fingerprint density at radius 2 is 1.57 bits per heavy atom. The molecule has 0 aliphatic carbocycles. The second-order valence-corrected chi connectivity index (χ2v) is 6.95. The summed E-state index contributed by atoms with van der Waals surface area (Å²) in [6.07, 6.45) is 2.94. The van der Waals surface area contributed by atoms with Crippen molar-refractivity contribution in [2.75, 3.05) is 14.2 Å². The lowest BCUT2D eigenvalue weighted by atomic mass is 9.77. The zero-order chi connectivity index (χ0) is 17.9. The number of ether oxygens (including phenoxy) is 2. The van der Waals surface area contributed by atoms with Crippen molar-refractivity contribution in [3.05, 3.63) is 22.8 Å². The largest absolute Gasteiger partial charge is 0.504 e. The third-order valence-electron chi connectivity index (χ3n) is 4.53. The summed E-state index contributed by atoms with van der Waals surface area (Å²) in [5, 5.41) is 21.1. The average Bonchev–Trinajstić information content (AvgIpc) is 2.47. The van der Waals surface area contributed by atoms with Crippen molar-refractivity contribution in [3.8, 4) is 23.0 Å². The Kier molecular flexibility index (Phi) is 5.98. The summed E-state index contributed by atoms with van der Waals surface area (Å²) in [5.74, 6) is 0.855. The SMILES string of the molecule is COc1c(O)c(C)c(C(C)(C)C/C=C(\C)C(C)C)c(O)c1OC. The fraction of sp³-hybridized carbons (Fsp3) is 0.579. The van der Waals surface area contributed by atoms with Crippen molar-refractivity contribution in [1.29, 1.82) is 0 Å². The van der Waals surface area contributed by atoms with E-state index < -0.39 is 0 Å². The van der Waals surface area contributed by atoms with Crippen molar-refractivity contribution in [1.82, 2.24) is 0 Å². The molecule has 0 unspecified atom stereocenters. The van der Waals surface area contributed by atoms with E-state index in [0.717, 1.165) is 6.42 Å². The maximum absolute atomic E-state index is 10.7. The van der Waals surface area contributed by atoms with Crippen LogP contribution in [-0.4, -0.2) is 24.4 Å². The fourth-order valence-corrected chi connectivity index (χ4v) is 2.76. The summed E-state index contributed by atoms with van der Waals surface area (Å²) in [7, 11) is 2.89. The lowest BCUT2D eigenvalue weighted by Gasteiger charge is -2.29. The Hall–Kier alpha value is -1.84. The van der Waals surface area contributed by atoms with Crippen LogP contribution in [0.2, 0.25) is 0 Å². The van der Waals surface area contributed by atoms with Gasteiger partial charge in [-0.25, -0.2) is 0 Å². The van der Waals surface area contributed by atoms with E-state index >= 15 is 0 Å². The third-order valence-corrected chi connectivity index (χ3v) is 4.53. The van der Waals surface area contributed by atoms with Crippen molar-refractivity contribution in [3.63, 3.8) is 0 Å². The summed E-state index contributed by atoms with van der Waals surface area (Å²) in [6.45, 7) is 12.3. The highest BCUT2D eigenvalue weighted by Crippen LogP contribution is 2.52. The number of benzene rings is 1. The van der Waals surface area contributed by atoms with E-state index in [4.69, 9.17) is 9.47 Å². The molecular formula is C19H30O4. The molecule has 4 heteroatoms. The molecule has 0 saturated carbocycles. The Bertz CT molecular complexity index is 598. The maximum Gasteiger partial charge on any atom is 0.207 e. The van der Waals surface area contributed by atoms with Crippen molar-refractivity contribution >= 4 is 0 Å². The molecule has 0 spiro atoms. The first-order chi connectivity index (χ1) is 10.6. The van der Waals surface area contributed by atoms with Gasteiger partial charge in [0.2, 0.25) is 11.5 Å². The molecule has 0 heterocycles. The van der Waals surface area contributed by atoms with Crippen molar-refractivity contribution in [2.24, 2.45) is 5.92 Å². The van der Waals surface area contributed by atoms with E-state index in [1.807, 2.05) is 13.8 Å². The van der Waals surface area contributed by atoms with E-state index in [9.17, 15) is 10.2 Å². The van der Waals surface area contributed by atoms with Crippen LogP contribution in [0.5, 0.6) is 23.0 Å². The smallest absolute Gasteiger partial charge is 0.207 e. The van der Waals surface area contributed by atoms with E-state index in [1.54, 1.807) is 6.92 Å². The van der Waals surface area contributed by atoms with Gasteiger partial charge in [-0.05, 0) is 31.6 Å². The van der Waals surface area contributed by atoms with Crippen LogP contribution in [0.15, 0.2) is 11.6 Å². The first-order valence-corrected chi connectivity index (χ1v) is 7.92. The van der Waals surface area contributed by atoms with Gasteiger partial charge < -0.3 is 19.7 Å². The fourth-order valence-electron chi connectivity index (χ4n) is 2.76. The molecule has 1 rings (SSSR count). The molecule has 1 aromatic carbocycles. The molecule has 0 bridgehead atoms. The first kappa shape index (κ1) is 19.2.